The molecular formula is C15H21FN2O2S. The van der Waals surface area contributed by atoms with Crippen molar-refractivity contribution in [1.29, 1.82) is 0 Å². The van der Waals surface area contributed by atoms with Gasteiger partial charge in [0, 0.05) is 34.4 Å². The maximum Gasteiger partial charge on any atom is 0.225 e. The van der Waals surface area contributed by atoms with Gasteiger partial charge >= 0.3 is 0 Å². The van der Waals surface area contributed by atoms with Gasteiger partial charge in [0.1, 0.15) is 5.82 Å². The fourth-order valence-corrected chi connectivity index (χ4v) is 4.02. The molecular weight excluding hydrogens is 291 g/mol. The molecule has 0 aliphatic heterocycles. The van der Waals surface area contributed by atoms with E-state index in [-0.39, 0.29) is 18.0 Å². The summed E-state index contributed by atoms with van der Waals surface area (Å²) in [6.07, 6.45) is 4.86. The molecule has 1 saturated carbocycles. The smallest absolute Gasteiger partial charge is 0.225 e. The molecule has 0 spiro atoms. The number of benzene rings is 1. The Balaban J connectivity index is 1.76. The van der Waals surface area contributed by atoms with Gasteiger partial charge in [-0.25, -0.2) is 4.39 Å². The lowest BCUT2D eigenvalue weighted by atomic mass is 10.1. The lowest BCUT2D eigenvalue weighted by Crippen LogP contribution is -2.18. The first kappa shape index (κ1) is 15.9. The summed E-state index contributed by atoms with van der Waals surface area (Å²) in [5.74, 6) is 0.691. The van der Waals surface area contributed by atoms with E-state index in [0.29, 0.717) is 23.1 Å². The summed E-state index contributed by atoms with van der Waals surface area (Å²) in [5.41, 5.74) is 6.01. The molecule has 21 heavy (non-hydrogen) atoms. The van der Waals surface area contributed by atoms with Crippen LogP contribution in [0.3, 0.4) is 0 Å². The minimum Gasteiger partial charge on any atom is -0.399 e. The van der Waals surface area contributed by atoms with Gasteiger partial charge in [0.2, 0.25) is 5.91 Å². The normalized spacial score (nSPS) is 16.8. The van der Waals surface area contributed by atoms with Gasteiger partial charge < -0.3 is 11.1 Å². The molecule has 6 heteroatoms. The van der Waals surface area contributed by atoms with Gasteiger partial charge in [0.05, 0.1) is 5.69 Å². The third-order valence-electron chi connectivity index (χ3n) is 3.72. The number of nitrogens with one attached hydrogen (secondary N) is 1. The quantitative estimate of drug-likeness (QED) is 0.793. The van der Waals surface area contributed by atoms with E-state index in [1.165, 1.54) is 31.0 Å². The third-order valence-corrected chi connectivity index (χ3v) is 5.22. The van der Waals surface area contributed by atoms with Crippen LogP contribution < -0.4 is 11.1 Å². The third kappa shape index (κ3) is 5.12. The predicted octanol–water partition coefficient (Wildman–Crippen LogP) is 2.68. The van der Waals surface area contributed by atoms with Crippen molar-refractivity contribution in [3.8, 4) is 0 Å². The number of nitrogen functional groups attached to an aromatic ring is 1. The zero-order chi connectivity index (χ0) is 15.2. The summed E-state index contributed by atoms with van der Waals surface area (Å²) >= 11 is 0. The molecule has 0 heterocycles. The average Bonchev–Trinajstić information content (AvgIpc) is 2.93. The van der Waals surface area contributed by atoms with E-state index in [4.69, 9.17) is 5.73 Å². The Labute approximate surface area is 126 Å². The highest BCUT2D eigenvalue weighted by Gasteiger charge is 2.18. The van der Waals surface area contributed by atoms with Crippen LogP contribution in [0, 0.1) is 11.7 Å². The molecule has 1 aliphatic carbocycles. The second-order valence-electron chi connectivity index (χ2n) is 5.50. The van der Waals surface area contributed by atoms with Crippen LogP contribution in [-0.2, 0) is 15.6 Å². The number of halogens is 1. The standard InChI is InChI=1S/C15H21FN2O2S/c16-13-6-5-12(17)9-14(13)18-15(19)7-8-21(20)10-11-3-1-2-4-11/h5-6,9,11H,1-4,7-8,10,17H2,(H,18,19). The highest BCUT2D eigenvalue weighted by atomic mass is 32.2. The minimum absolute atomic E-state index is 0.0709. The zero-order valence-corrected chi connectivity index (χ0v) is 12.8. The van der Waals surface area contributed by atoms with Crippen molar-refractivity contribution >= 4 is 28.1 Å². The van der Waals surface area contributed by atoms with Gasteiger partial charge in [-0.05, 0) is 37.0 Å². The zero-order valence-electron chi connectivity index (χ0n) is 11.9. The summed E-state index contributed by atoms with van der Waals surface area (Å²) in [5, 5.41) is 2.47. The van der Waals surface area contributed by atoms with Crippen LogP contribution in [-0.4, -0.2) is 21.6 Å². The van der Waals surface area contributed by atoms with Crippen LogP contribution in [0.4, 0.5) is 15.8 Å². The Morgan fingerprint density at radius 1 is 1.38 bits per heavy atom. The molecule has 4 nitrogen and oxygen atoms in total. The molecule has 1 aliphatic rings. The van der Waals surface area contributed by atoms with E-state index >= 15 is 0 Å². The fraction of sp³-hybridized carbons (Fsp3) is 0.533. The van der Waals surface area contributed by atoms with Gasteiger partial charge in [-0.3, -0.25) is 9.00 Å². The molecule has 116 valence electrons. The number of rotatable bonds is 6. The molecule has 1 unspecified atom stereocenters. The highest BCUT2D eigenvalue weighted by Crippen LogP contribution is 2.25. The minimum atomic E-state index is -0.977. The van der Waals surface area contributed by atoms with E-state index in [0.717, 1.165) is 12.8 Å². The first-order valence-electron chi connectivity index (χ1n) is 7.24. The second kappa shape index (κ2) is 7.54. The van der Waals surface area contributed by atoms with Gasteiger partial charge in [-0.15, -0.1) is 0 Å². The van der Waals surface area contributed by atoms with Crippen LogP contribution in [0.5, 0.6) is 0 Å². The van der Waals surface area contributed by atoms with Crippen LogP contribution in [0.25, 0.3) is 0 Å². The Morgan fingerprint density at radius 2 is 2.10 bits per heavy atom. The van der Waals surface area contributed by atoms with E-state index in [2.05, 4.69) is 5.32 Å². The van der Waals surface area contributed by atoms with Crippen LogP contribution >= 0.6 is 0 Å². The summed E-state index contributed by atoms with van der Waals surface area (Å²) in [7, 11) is -0.977. The molecule has 3 N–H and O–H groups in total. The van der Waals surface area contributed by atoms with E-state index in [9.17, 15) is 13.4 Å². The lowest BCUT2D eigenvalue weighted by molar-refractivity contribution is -0.115. The van der Waals surface area contributed by atoms with Crippen molar-refractivity contribution in [2.24, 2.45) is 5.92 Å². The van der Waals surface area contributed by atoms with Crippen molar-refractivity contribution in [2.45, 2.75) is 32.1 Å². The van der Waals surface area contributed by atoms with Gasteiger partial charge in [0.25, 0.3) is 0 Å². The molecule has 1 aromatic carbocycles. The summed E-state index contributed by atoms with van der Waals surface area (Å²) in [4.78, 5) is 11.8. The Hall–Kier alpha value is -1.43. The number of nitrogens with two attached hydrogens (primary N) is 1. The number of hydrogen-bond acceptors (Lipinski definition) is 3. The molecule has 0 aromatic heterocycles. The Kier molecular flexibility index (Phi) is 5.73. The first-order valence-corrected chi connectivity index (χ1v) is 8.73. The number of anilines is 2. The first-order chi connectivity index (χ1) is 10.0. The maximum atomic E-state index is 13.5. The number of hydrogen-bond donors (Lipinski definition) is 2. The van der Waals surface area contributed by atoms with E-state index in [1.54, 1.807) is 0 Å². The lowest BCUT2D eigenvalue weighted by Gasteiger charge is -2.09. The molecule has 1 fully saturated rings. The molecule has 0 saturated heterocycles. The monoisotopic (exact) mass is 312 g/mol. The van der Waals surface area contributed by atoms with Crippen LogP contribution in [0.15, 0.2) is 18.2 Å². The van der Waals surface area contributed by atoms with Crippen LogP contribution in [0.1, 0.15) is 32.1 Å². The Bertz CT molecular complexity index is 530. The van der Waals surface area contributed by atoms with Crippen molar-refractivity contribution in [3.05, 3.63) is 24.0 Å². The number of carbonyl (C=O) groups is 1. The van der Waals surface area contributed by atoms with Crippen molar-refractivity contribution < 1.29 is 13.4 Å². The van der Waals surface area contributed by atoms with Gasteiger partial charge in [0.15, 0.2) is 0 Å². The number of amides is 1. The molecule has 0 bridgehead atoms. The topological polar surface area (TPSA) is 72.2 Å². The van der Waals surface area contributed by atoms with E-state index in [1.807, 2.05) is 0 Å². The predicted molar refractivity (Wildman–Crippen MR) is 83.9 cm³/mol. The summed E-state index contributed by atoms with van der Waals surface area (Å²) in [6.45, 7) is 0. The fourth-order valence-electron chi connectivity index (χ4n) is 2.58. The highest BCUT2D eigenvalue weighted by molar-refractivity contribution is 7.85. The molecule has 0 radical (unpaired) electrons. The Morgan fingerprint density at radius 3 is 2.81 bits per heavy atom. The second-order valence-corrected chi connectivity index (χ2v) is 7.12. The molecule has 1 amide bonds. The maximum absolute atomic E-state index is 13.5. The average molecular weight is 312 g/mol. The summed E-state index contributed by atoms with van der Waals surface area (Å²) in [6, 6.07) is 4.02. The van der Waals surface area contributed by atoms with Gasteiger partial charge in [-0.1, -0.05) is 12.8 Å². The van der Waals surface area contributed by atoms with Gasteiger partial charge in [-0.2, -0.15) is 0 Å². The van der Waals surface area contributed by atoms with Crippen LogP contribution in [0.2, 0.25) is 0 Å². The molecule has 1 aromatic rings. The van der Waals surface area contributed by atoms with Crippen molar-refractivity contribution in [1.82, 2.24) is 0 Å². The van der Waals surface area contributed by atoms with Crippen molar-refractivity contribution in [2.75, 3.05) is 22.6 Å². The SMILES string of the molecule is Nc1ccc(F)c(NC(=O)CCS(=O)CC2CCCC2)c1. The largest absolute Gasteiger partial charge is 0.399 e. The number of carbonyl (C=O) groups excluding carboxylic acids is 1. The van der Waals surface area contributed by atoms with Crippen molar-refractivity contribution in [3.63, 3.8) is 0 Å². The molecule has 1 atom stereocenters. The molecule has 2 rings (SSSR count). The van der Waals surface area contributed by atoms with E-state index < -0.39 is 16.6 Å². The summed E-state index contributed by atoms with van der Waals surface area (Å²) < 4.78 is 25.4.